The molecule has 1 amide bonds. The third-order valence-electron chi connectivity index (χ3n) is 6.69. The lowest BCUT2D eigenvalue weighted by atomic mass is 10.0. The van der Waals surface area contributed by atoms with Crippen LogP contribution in [0.3, 0.4) is 0 Å². The smallest absolute Gasteiger partial charge is 0.254 e. The Morgan fingerprint density at radius 3 is 2.53 bits per heavy atom. The summed E-state index contributed by atoms with van der Waals surface area (Å²) in [6.45, 7) is 6.06. The average molecular weight is 478 g/mol. The van der Waals surface area contributed by atoms with Gasteiger partial charge in [0.15, 0.2) is 0 Å². The Hall–Kier alpha value is -3.96. The van der Waals surface area contributed by atoms with Crippen molar-refractivity contribution in [3.63, 3.8) is 0 Å². The van der Waals surface area contributed by atoms with E-state index in [1.165, 1.54) is 5.56 Å². The molecule has 1 aromatic heterocycles. The van der Waals surface area contributed by atoms with Gasteiger partial charge >= 0.3 is 0 Å². The molecule has 0 N–H and O–H groups in total. The van der Waals surface area contributed by atoms with Crippen LogP contribution in [0.2, 0.25) is 0 Å². The van der Waals surface area contributed by atoms with E-state index in [-0.39, 0.29) is 5.91 Å². The maximum atomic E-state index is 13.8. The van der Waals surface area contributed by atoms with Crippen LogP contribution >= 0.6 is 0 Å². The van der Waals surface area contributed by atoms with Crippen LogP contribution in [0.1, 0.15) is 21.5 Å². The molecule has 1 aliphatic heterocycles. The Morgan fingerprint density at radius 2 is 1.75 bits per heavy atom. The van der Waals surface area contributed by atoms with Crippen molar-refractivity contribution in [3.05, 3.63) is 102 Å². The summed E-state index contributed by atoms with van der Waals surface area (Å²) in [5, 5.41) is 0.903. The second kappa shape index (κ2) is 10.8. The van der Waals surface area contributed by atoms with Crippen LogP contribution in [0.5, 0.6) is 5.75 Å². The van der Waals surface area contributed by atoms with E-state index in [1.54, 1.807) is 7.11 Å². The van der Waals surface area contributed by atoms with Crippen molar-refractivity contribution < 1.29 is 9.53 Å². The quantitative estimate of drug-likeness (QED) is 0.358. The summed E-state index contributed by atoms with van der Waals surface area (Å²) in [4.78, 5) is 23.0. The van der Waals surface area contributed by atoms with Crippen LogP contribution in [-0.2, 0) is 0 Å². The van der Waals surface area contributed by atoms with Crippen LogP contribution in [-0.4, -0.2) is 60.5 Å². The molecule has 4 aromatic rings. The molecule has 0 atom stereocenters. The number of rotatable bonds is 6. The molecule has 0 spiro atoms. The highest BCUT2D eigenvalue weighted by Crippen LogP contribution is 2.29. The molecule has 1 saturated heterocycles. The van der Waals surface area contributed by atoms with E-state index in [9.17, 15) is 4.79 Å². The number of hydrogen-bond donors (Lipinski definition) is 0. The number of piperazine rings is 1. The topological polar surface area (TPSA) is 45.7 Å². The van der Waals surface area contributed by atoms with Gasteiger partial charge in [-0.25, -0.2) is 4.98 Å². The van der Waals surface area contributed by atoms with Gasteiger partial charge in [0.05, 0.1) is 23.9 Å². The largest absolute Gasteiger partial charge is 0.497 e. The molecule has 0 saturated carbocycles. The first kappa shape index (κ1) is 23.8. The third kappa shape index (κ3) is 5.31. The molecule has 5 rings (SSSR count). The fourth-order valence-corrected chi connectivity index (χ4v) is 4.65. The molecule has 3 aromatic carbocycles. The molecule has 1 aliphatic rings. The molecule has 36 heavy (non-hydrogen) atoms. The highest BCUT2D eigenvalue weighted by Gasteiger charge is 2.24. The van der Waals surface area contributed by atoms with E-state index in [1.807, 2.05) is 72.5 Å². The van der Waals surface area contributed by atoms with Gasteiger partial charge in [0.25, 0.3) is 5.91 Å². The lowest BCUT2D eigenvalue weighted by molar-refractivity contribution is 0.0652. The SMILES string of the molecule is COc1cccc(-c2cc(C(=O)N3CCN(CC=Cc4ccccc4)CC3)c3cc(C)ccc3n2)c1. The maximum absolute atomic E-state index is 13.8. The Kier molecular flexibility index (Phi) is 7.10. The molecule has 2 heterocycles. The van der Waals surface area contributed by atoms with Gasteiger partial charge in [-0.15, -0.1) is 0 Å². The van der Waals surface area contributed by atoms with Gasteiger partial charge in [0, 0.05) is 43.7 Å². The third-order valence-corrected chi connectivity index (χ3v) is 6.69. The van der Waals surface area contributed by atoms with Gasteiger partial charge in [-0.2, -0.15) is 0 Å². The van der Waals surface area contributed by atoms with Crippen molar-refractivity contribution in [2.45, 2.75) is 6.92 Å². The van der Waals surface area contributed by atoms with Crippen molar-refractivity contribution in [1.29, 1.82) is 0 Å². The van der Waals surface area contributed by atoms with Gasteiger partial charge in [-0.05, 0) is 42.8 Å². The Labute approximate surface area is 212 Å². The van der Waals surface area contributed by atoms with Crippen LogP contribution in [0.15, 0.2) is 84.9 Å². The second-order valence-electron chi connectivity index (χ2n) is 9.21. The number of carbonyl (C=O) groups is 1. The summed E-state index contributed by atoms with van der Waals surface area (Å²) in [5.74, 6) is 0.834. The predicted octanol–water partition coefficient (Wildman–Crippen LogP) is 5.69. The highest BCUT2D eigenvalue weighted by molar-refractivity contribution is 6.07. The number of aromatic nitrogens is 1. The fourth-order valence-electron chi connectivity index (χ4n) is 4.65. The molecule has 0 aliphatic carbocycles. The van der Waals surface area contributed by atoms with E-state index in [2.05, 4.69) is 35.3 Å². The normalized spacial score (nSPS) is 14.4. The first-order chi connectivity index (χ1) is 17.6. The molecule has 182 valence electrons. The average Bonchev–Trinajstić information content (AvgIpc) is 2.93. The van der Waals surface area contributed by atoms with Crippen molar-refractivity contribution in [3.8, 4) is 17.0 Å². The van der Waals surface area contributed by atoms with E-state index in [0.29, 0.717) is 18.7 Å². The lowest BCUT2D eigenvalue weighted by Gasteiger charge is -2.34. The van der Waals surface area contributed by atoms with Gasteiger partial charge in [-0.3, -0.25) is 9.69 Å². The molecule has 0 unspecified atom stereocenters. The summed E-state index contributed by atoms with van der Waals surface area (Å²) >= 11 is 0. The monoisotopic (exact) mass is 477 g/mol. The number of methoxy groups -OCH3 is 1. The Balaban J connectivity index is 1.35. The standard InChI is InChI=1S/C31H31N3O2/c1-23-13-14-29-27(20-23)28(22-30(32-29)25-11-6-12-26(21-25)36-2)31(35)34-18-16-33(17-19-34)15-7-10-24-8-4-3-5-9-24/h3-14,20-22H,15-19H2,1-2H3. The summed E-state index contributed by atoms with van der Waals surface area (Å²) in [6, 6.07) is 26.2. The van der Waals surface area contributed by atoms with E-state index >= 15 is 0 Å². The fraction of sp³-hybridized carbons (Fsp3) is 0.226. The first-order valence-corrected chi connectivity index (χ1v) is 12.4. The molecule has 5 heteroatoms. The van der Waals surface area contributed by atoms with E-state index < -0.39 is 0 Å². The number of carbonyl (C=O) groups excluding carboxylic acids is 1. The minimum atomic E-state index is 0.0663. The molecule has 0 bridgehead atoms. The zero-order chi connectivity index (χ0) is 24.9. The van der Waals surface area contributed by atoms with Crippen molar-refractivity contribution in [2.24, 2.45) is 0 Å². The number of hydrogen-bond acceptors (Lipinski definition) is 4. The number of benzene rings is 3. The van der Waals surface area contributed by atoms with Gasteiger partial charge in [0.1, 0.15) is 5.75 Å². The van der Waals surface area contributed by atoms with E-state index in [4.69, 9.17) is 9.72 Å². The first-order valence-electron chi connectivity index (χ1n) is 12.4. The minimum Gasteiger partial charge on any atom is -0.497 e. The lowest BCUT2D eigenvalue weighted by Crippen LogP contribution is -2.48. The minimum absolute atomic E-state index is 0.0663. The van der Waals surface area contributed by atoms with Gasteiger partial charge < -0.3 is 9.64 Å². The maximum Gasteiger partial charge on any atom is 0.254 e. The summed E-state index contributed by atoms with van der Waals surface area (Å²) in [5.41, 5.74) is 5.56. The molecule has 5 nitrogen and oxygen atoms in total. The summed E-state index contributed by atoms with van der Waals surface area (Å²) < 4.78 is 5.40. The molecule has 1 fully saturated rings. The number of aryl methyl sites for hydroxylation is 1. The van der Waals surface area contributed by atoms with Crippen molar-refractivity contribution in [1.82, 2.24) is 14.8 Å². The number of nitrogens with zero attached hydrogens (tertiary/aromatic N) is 3. The van der Waals surface area contributed by atoms with Crippen LogP contribution in [0.25, 0.3) is 28.2 Å². The van der Waals surface area contributed by atoms with E-state index in [0.717, 1.165) is 53.1 Å². The zero-order valence-electron chi connectivity index (χ0n) is 20.9. The predicted molar refractivity (Wildman–Crippen MR) is 146 cm³/mol. The van der Waals surface area contributed by atoms with Gasteiger partial charge in [0.2, 0.25) is 0 Å². The number of pyridine rings is 1. The van der Waals surface area contributed by atoms with Crippen molar-refractivity contribution >= 4 is 22.9 Å². The number of ether oxygens (including phenoxy) is 1. The number of amides is 1. The molecular weight excluding hydrogens is 446 g/mol. The number of fused-ring (bicyclic) bond motifs is 1. The van der Waals surface area contributed by atoms with Gasteiger partial charge in [-0.1, -0.05) is 66.2 Å². The molecular formula is C31H31N3O2. The molecule has 0 radical (unpaired) electrons. The summed E-state index contributed by atoms with van der Waals surface area (Å²) in [6.07, 6.45) is 4.36. The Bertz CT molecular complexity index is 1390. The van der Waals surface area contributed by atoms with Crippen LogP contribution in [0, 0.1) is 6.92 Å². The Morgan fingerprint density at radius 1 is 0.944 bits per heavy atom. The second-order valence-corrected chi connectivity index (χ2v) is 9.21. The van der Waals surface area contributed by atoms with Crippen LogP contribution < -0.4 is 4.74 Å². The highest BCUT2D eigenvalue weighted by atomic mass is 16.5. The van der Waals surface area contributed by atoms with Crippen molar-refractivity contribution in [2.75, 3.05) is 39.8 Å². The zero-order valence-corrected chi connectivity index (χ0v) is 20.9. The van der Waals surface area contributed by atoms with Crippen LogP contribution in [0.4, 0.5) is 0 Å². The summed E-state index contributed by atoms with van der Waals surface area (Å²) in [7, 11) is 1.65.